The van der Waals surface area contributed by atoms with Crippen LogP contribution in [0.25, 0.3) is 22.2 Å². The largest absolute Gasteiger partial charge is 0.497 e. The van der Waals surface area contributed by atoms with Crippen LogP contribution in [0, 0.1) is 6.92 Å². The number of hydrogen-bond donors (Lipinski definition) is 1. The number of methoxy groups -OCH3 is 1. The topological polar surface area (TPSA) is 84.8 Å². The van der Waals surface area contributed by atoms with E-state index >= 15 is 0 Å². The molecule has 1 aliphatic heterocycles. The molecule has 5 aromatic rings. The first-order chi connectivity index (χ1) is 20.6. The van der Waals surface area contributed by atoms with Crippen LogP contribution < -0.4 is 9.47 Å². The summed E-state index contributed by atoms with van der Waals surface area (Å²) in [6, 6.07) is 18.1. The Kier molecular flexibility index (Phi) is 7.00. The lowest BCUT2D eigenvalue weighted by atomic mass is 9.94. The van der Waals surface area contributed by atoms with Crippen LogP contribution in [0.4, 0.5) is 13.2 Å². The number of rotatable bonds is 5. The van der Waals surface area contributed by atoms with E-state index in [-0.39, 0.29) is 23.0 Å². The first-order valence-corrected chi connectivity index (χ1v) is 13.6. The zero-order valence-corrected chi connectivity index (χ0v) is 23.5. The van der Waals surface area contributed by atoms with Crippen LogP contribution in [0.3, 0.4) is 0 Å². The molecule has 0 fully saturated rings. The summed E-state index contributed by atoms with van der Waals surface area (Å²) < 4.78 is 58.4. The van der Waals surface area contributed by atoms with E-state index in [0.717, 1.165) is 22.5 Å². The van der Waals surface area contributed by atoms with Gasteiger partial charge in [0.05, 0.1) is 18.4 Å². The van der Waals surface area contributed by atoms with Gasteiger partial charge in [0.15, 0.2) is 0 Å². The number of halogens is 3. The molecular weight excluding hydrogens is 561 g/mol. The molecule has 2 aromatic heterocycles. The second-order valence-electron chi connectivity index (χ2n) is 10.3. The van der Waals surface area contributed by atoms with Crippen molar-refractivity contribution in [2.24, 2.45) is 0 Å². The molecule has 0 aliphatic carbocycles. The van der Waals surface area contributed by atoms with E-state index in [1.807, 2.05) is 18.2 Å². The number of ether oxygens (including phenoxy) is 2. The van der Waals surface area contributed by atoms with E-state index in [1.54, 1.807) is 43.2 Å². The van der Waals surface area contributed by atoms with Gasteiger partial charge in [0.1, 0.15) is 29.1 Å². The lowest BCUT2D eigenvalue weighted by molar-refractivity contribution is -0.137. The summed E-state index contributed by atoms with van der Waals surface area (Å²) in [6.45, 7) is 3.28. The minimum atomic E-state index is -4.58. The standard InChI is InChI=1S/C33H27F3N2O5/c1-18-21(8-6-10-27(18)42-19(2)39)32(40)38-16-15-22-24-17-20(41-3)11-12-26(24)37-30(22)31(38)29-14-13-28(43-29)23-7-4-5-9-25(23)33(34,35)36/h4-14,17,31,37H,15-16H2,1-3H3/t31-/m0/s1. The second-order valence-corrected chi connectivity index (χ2v) is 10.3. The molecule has 6 rings (SSSR count). The Labute approximate surface area is 244 Å². The maximum Gasteiger partial charge on any atom is 0.417 e. The normalized spacial score (nSPS) is 14.9. The summed E-state index contributed by atoms with van der Waals surface area (Å²) in [5, 5.41) is 0.925. The summed E-state index contributed by atoms with van der Waals surface area (Å²) >= 11 is 0. The van der Waals surface area contributed by atoms with Crippen molar-refractivity contribution in [3.8, 4) is 22.8 Å². The molecule has 1 N–H and O–H groups in total. The van der Waals surface area contributed by atoms with Gasteiger partial charge >= 0.3 is 12.1 Å². The number of nitrogens with zero attached hydrogens (tertiary/aromatic N) is 1. The van der Waals surface area contributed by atoms with E-state index < -0.39 is 23.8 Å². The number of alkyl halides is 3. The minimum absolute atomic E-state index is 0.0354. The summed E-state index contributed by atoms with van der Waals surface area (Å²) in [5.74, 6) is 0.429. The Morgan fingerprint density at radius 3 is 2.56 bits per heavy atom. The van der Waals surface area contributed by atoms with Gasteiger partial charge in [0.25, 0.3) is 5.91 Å². The molecule has 1 amide bonds. The molecule has 0 radical (unpaired) electrons. The van der Waals surface area contributed by atoms with Crippen LogP contribution in [0.2, 0.25) is 0 Å². The third-order valence-electron chi connectivity index (χ3n) is 7.76. The predicted molar refractivity (Wildman–Crippen MR) is 153 cm³/mol. The van der Waals surface area contributed by atoms with Crippen molar-refractivity contribution in [3.05, 3.63) is 107 Å². The average molecular weight is 589 g/mol. The second kappa shape index (κ2) is 10.7. The Bertz CT molecular complexity index is 1870. The van der Waals surface area contributed by atoms with Gasteiger partial charge < -0.3 is 23.8 Å². The summed E-state index contributed by atoms with van der Waals surface area (Å²) in [5.41, 5.74) is 2.40. The zero-order chi connectivity index (χ0) is 30.5. The monoisotopic (exact) mass is 588 g/mol. The first kappa shape index (κ1) is 28.1. The smallest absolute Gasteiger partial charge is 0.417 e. The number of H-pyrrole nitrogens is 1. The van der Waals surface area contributed by atoms with Crippen LogP contribution in [0.5, 0.6) is 11.5 Å². The molecule has 1 aliphatic rings. The van der Waals surface area contributed by atoms with E-state index in [9.17, 15) is 22.8 Å². The van der Waals surface area contributed by atoms with E-state index in [2.05, 4.69) is 4.98 Å². The van der Waals surface area contributed by atoms with Crippen molar-refractivity contribution < 1.29 is 36.7 Å². The number of fused-ring (bicyclic) bond motifs is 3. The van der Waals surface area contributed by atoms with Gasteiger partial charge in [-0.05, 0) is 67.4 Å². The van der Waals surface area contributed by atoms with Gasteiger partial charge in [0, 0.05) is 41.1 Å². The van der Waals surface area contributed by atoms with Crippen LogP contribution in [0.1, 0.15) is 51.5 Å². The molecular formula is C33H27F3N2O5. The number of aromatic amines is 1. The van der Waals surface area contributed by atoms with Gasteiger partial charge in [-0.1, -0.05) is 24.3 Å². The Morgan fingerprint density at radius 2 is 1.81 bits per heavy atom. The molecule has 0 unspecified atom stereocenters. The number of amides is 1. The molecule has 43 heavy (non-hydrogen) atoms. The number of furan rings is 1. The van der Waals surface area contributed by atoms with Gasteiger partial charge in [-0.15, -0.1) is 0 Å². The highest BCUT2D eigenvalue weighted by Gasteiger charge is 2.39. The fourth-order valence-electron chi connectivity index (χ4n) is 5.77. The van der Waals surface area contributed by atoms with Crippen molar-refractivity contribution >= 4 is 22.8 Å². The Balaban J connectivity index is 1.49. The molecule has 220 valence electrons. The third kappa shape index (κ3) is 5.03. The number of aromatic nitrogens is 1. The van der Waals surface area contributed by atoms with E-state index in [0.29, 0.717) is 41.3 Å². The fraction of sp³-hybridized carbons (Fsp3) is 0.212. The SMILES string of the molecule is COc1ccc2[nH]c3c(c2c1)CCN(C(=O)c1cccc(OC(C)=O)c1C)[C@H]3c1ccc(-c2ccccc2C(F)(F)F)o1. The van der Waals surface area contributed by atoms with Crippen LogP contribution >= 0.6 is 0 Å². The number of hydrogen-bond acceptors (Lipinski definition) is 5. The quantitative estimate of drug-likeness (QED) is 0.170. The zero-order valence-electron chi connectivity index (χ0n) is 23.5. The van der Waals surface area contributed by atoms with Crippen LogP contribution in [-0.4, -0.2) is 35.4 Å². The van der Waals surface area contributed by atoms with Crippen molar-refractivity contribution in [2.75, 3.05) is 13.7 Å². The van der Waals surface area contributed by atoms with Crippen LogP contribution in [0.15, 0.2) is 77.2 Å². The molecule has 3 aromatic carbocycles. The summed E-state index contributed by atoms with van der Waals surface area (Å²) in [6.07, 6.45) is -4.07. The van der Waals surface area contributed by atoms with Gasteiger partial charge in [-0.25, -0.2) is 0 Å². The molecule has 0 saturated carbocycles. The van der Waals surface area contributed by atoms with Crippen LogP contribution in [-0.2, 0) is 17.4 Å². The fourth-order valence-corrected chi connectivity index (χ4v) is 5.77. The molecule has 10 heteroatoms. The molecule has 3 heterocycles. The van der Waals surface area contributed by atoms with Crippen molar-refractivity contribution in [2.45, 2.75) is 32.5 Å². The molecule has 1 atom stereocenters. The predicted octanol–water partition coefficient (Wildman–Crippen LogP) is 7.48. The minimum Gasteiger partial charge on any atom is -0.497 e. The Hall–Kier alpha value is -4.99. The Morgan fingerprint density at radius 1 is 1.02 bits per heavy atom. The average Bonchev–Trinajstić information content (AvgIpc) is 3.61. The number of carbonyl (C=O) groups excluding carboxylic acids is 2. The number of nitrogens with one attached hydrogen (secondary N) is 1. The highest BCUT2D eigenvalue weighted by molar-refractivity contribution is 5.97. The van der Waals surface area contributed by atoms with Crippen molar-refractivity contribution in [1.29, 1.82) is 0 Å². The first-order valence-electron chi connectivity index (χ1n) is 13.6. The highest BCUT2D eigenvalue weighted by atomic mass is 19.4. The maximum absolute atomic E-state index is 14.2. The highest BCUT2D eigenvalue weighted by Crippen LogP contribution is 2.43. The lowest BCUT2D eigenvalue weighted by Crippen LogP contribution is -2.40. The lowest BCUT2D eigenvalue weighted by Gasteiger charge is -2.35. The summed E-state index contributed by atoms with van der Waals surface area (Å²) in [4.78, 5) is 30.9. The maximum atomic E-state index is 14.2. The third-order valence-corrected chi connectivity index (χ3v) is 7.76. The number of carbonyl (C=O) groups is 2. The molecule has 0 spiro atoms. The molecule has 7 nitrogen and oxygen atoms in total. The summed E-state index contributed by atoms with van der Waals surface area (Å²) in [7, 11) is 1.58. The number of benzene rings is 3. The van der Waals surface area contributed by atoms with Gasteiger partial charge in [-0.2, -0.15) is 13.2 Å². The molecule has 0 bridgehead atoms. The molecule has 0 saturated heterocycles. The van der Waals surface area contributed by atoms with Crippen molar-refractivity contribution in [1.82, 2.24) is 9.88 Å². The number of esters is 1. The van der Waals surface area contributed by atoms with Gasteiger partial charge in [-0.3, -0.25) is 9.59 Å². The van der Waals surface area contributed by atoms with E-state index in [4.69, 9.17) is 13.9 Å². The van der Waals surface area contributed by atoms with Crippen molar-refractivity contribution in [3.63, 3.8) is 0 Å². The van der Waals surface area contributed by atoms with Gasteiger partial charge in [0.2, 0.25) is 0 Å². The van der Waals surface area contributed by atoms with E-state index in [1.165, 1.54) is 31.2 Å².